The van der Waals surface area contributed by atoms with E-state index in [4.69, 9.17) is 4.74 Å². The SMILES string of the molecule is Oc1ccc(/N=N/c2ccc(Oc3ccc(/N=N/c4ccc(O)cc4)cc3)cc2)cc1. The van der Waals surface area contributed by atoms with Crippen molar-refractivity contribution in [2.45, 2.75) is 0 Å². The lowest BCUT2D eigenvalue weighted by Gasteiger charge is -2.05. The van der Waals surface area contributed by atoms with Gasteiger partial charge in [-0.15, -0.1) is 0 Å². The molecule has 0 amide bonds. The van der Waals surface area contributed by atoms with E-state index in [2.05, 4.69) is 20.5 Å². The highest BCUT2D eigenvalue weighted by atomic mass is 16.5. The highest BCUT2D eigenvalue weighted by molar-refractivity contribution is 5.47. The van der Waals surface area contributed by atoms with Crippen LogP contribution < -0.4 is 4.74 Å². The van der Waals surface area contributed by atoms with Crippen molar-refractivity contribution in [2.24, 2.45) is 20.5 Å². The molecule has 4 aromatic carbocycles. The molecule has 4 aromatic rings. The number of phenols is 2. The van der Waals surface area contributed by atoms with Crippen molar-refractivity contribution in [3.63, 3.8) is 0 Å². The van der Waals surface area contributed by atoms with E-state index >= 15 is 0 Å². The summed E-state index contributed by atoms with van der Waals surface area (Å²) in [7, 11) is 0. The third kappa shape index (κ3) is 5.74. The Morgan fingerprint density at radius 2 is 0.645 bits per heavy atom. The molecule has 0 spiro atoms. The second-order valence-electron chi connectivity index (χ2n) is 6.52. The summed E-state index contributed by atoms with van der Waals surface area (Å²) in [6, 6.07) is 27.4. The Kier molecular flexibility index (Phi) is 5.95. The van der Waals surface area contributed by atoms with E-state index in [0.29, 0.717) is 34.2 Å². The number of hydrogen-bond donors (Lipinski definition) is 2. The molecule has 0 saturated heterocycles. The minimum atomic E-state index is 0.189. The Hall–Kier alpha value is -4.52. The van der Waals surface area contributed by atoms with Crippen LogP contribution in [0.2, 0.25) is 0 Å². The minimum Gasteiger partial charge on any atom is -0.508 e. The zero-order valence-corrected chi connectivity index (χ0v) is 16.3. The maximum absolute atomic E-state index is 9.29. The quantitative estimate of drug-likeness (QED) is 0.318. The van der Waals surface area contributed by atoms with E-state index in [9.17, 15) is 10.2 Å². The lowest BCUT2D eigenvalue weighted by molar-refractivity contribution is 0.475. The molecule has 4 rings (SSSR count). The first-order valence-electron chi connectivity index (χ1n) is 9.44. The second kappa shape index (κ2) is 9.32. The van der Waals surface area contributed by atoms with Gasteiger partial charge in [0.2, 0.25) is 0 Å². The standard InChI is InChI=1S/C24H18N4O3/c29-21-9-1-17(2-10-21)25-27-19-5-13-23(14-6-19)31-24-15-7-20(8-16-24)28-26-18-3-11-22(30)12-4-18/h1-16,29-30H/b27-25+,28-26+. The third-order valence-electron chi connectivity index (χ3n) is 4.17. The molecular formula is C24H18N4O3. The number of hydrogen-bond acceptors (Lipinski definition) is 7. The Morgan fingerprint density at radius 3 is 0.935 bits per heavy atom. The molecule has 0 fully saturated rings. The summed E-state index contributed by atoms with van der Waals surface area (Å²) in [6.45, 7) is 0. The van der Waals surface area contributed by atoms with Crippen LogP contribution in [0.3, 0.4) is 0 Å². The van der Waals surface area contributed by atoms with Gasteiger partial charge in [-0.25, -0.2) is 0 Å². The van der Waals surface area contributed by atoms with Gasteiger partial charge in [-0.3, -0.25) is 0 Å². The minimum absolute atomic E-state index is 0.189. The molecule has 7 nitrogen and oxygen atoms in total. The van der Waals surface area contributed by atoms with Crippen LogP contribution in [0.25, 0.3) is 0 Å². The van der Waals surface area contributed by atoms with Crippen molar-refractivity contribution in [3.05, 3.63) is 97.1 Å². The number of aromatic hydroxyl groups is 2. The molecule has 0 aliphatic heterocycles. The van der Waals surface area contributed by atoms with Crippen molar-refractivity contribution < 1.29 is 14.9 Å². The molecule has 0 bridgehead atoms. The van der Waals surface area contributed by atoms with E-state index in [1.54, 1.807) is 72.8 Å². The van der Waals surface area contributed by atoms with Crippen molar-refractivity contribution in [1.29, 1.82) is 0 Å². The molecule has 0 heterocycles. The summed E-state index contributed by atoms with van der Waals surface area (Å²) >= 11 is 0. The van der Waals surface area contributed by atoms with Crippen molar-refractivity contribution in [1.82, 2.24) is 0 Å². The zero-order chi connectivity index (χ0) is 21.5. The fraction of sp³-hybridized carbons (Fsp3) is 0. The number of azo groups is 2. The highest BCUT2D eigenvalue weighted by Crippen LogP contribution is 2.28. The Morgan fingerprint density at radius 1 is 0.387 bits per heavy atom. The number of nitrogens with zero attached hydrogens (tertiary/aromatic N) is 4. The molecule has 7 heteroatoms. The van der Waals surface area contributed by atoms with Gasteiger partial charge in [-0.1, -0.05) is 0 Å². The smallest absolute Gasteiger partial charge is 0.127 e. The molecule has 31 heavy (non-hydrogen) atoms. The molecule has 0 aliphatic rings. The van der Waals surface area contributed by atoms with Crippen LogP contribution in [0, 0.1) is 0 Å². The first-order chi connectivity index (χ1) is 15.1. The van der Waals surface area contributed by atoms with E-state index in [0.717, 1.165) is 0 Å². The van der Waals surface area contributed by atoms with E-state index < -0.39 is 0 Å². The van der Waals surface area contributed by atoms with Gasteiger partial charge in [0.15, 0.2) is 0 Å². The molecular weight excluding hydrogens is 392 g/mol. The Balaban J connectivity index is 1.35. The van der Waals surface area contributed by atoms with Crippen LogP contribution in [0.4, 0.5) is 22.7 Å². The summed E-state index contributed by atoms with van der Waals surface area (Å²) in [5.74, 6) is 1.71. The van der Waals surface area contributed by atoms with Gasteiger partial charge in [-0.05, 0) is 97.1 Å². The molecule has 0 unspecified atom stereocenters. The van der Waals surface area contributed by atoms with Gasteiger partial charge >= 0.3 is 0 Å². The van der Waals surface area contributed by atoms with Crippen molar-refractivity contribution in [2.75, 3.05) is 0 Å². The summed E-state index contributed by atoms with van der Waals surface area (Å²) < 4.78 is 5.84. The molecule has 0 aliphatic carbocycles. The maximum Gasteiger partial charge on any atom is 0.127 e. The van der Waals surface area contributed by atoms with E-state index in [1.165, 1.54) is 0 Å². The first-order valence-corrected chi connectivity index (χ1v) is 9.44. The fourth-order valence-electron chi connectivity index (χ4n) is 2.57. The molecule has 0 atom stereocenters. The molecule has 0 saturated carbocycles. The Bertz CT molecular complexity index is 1090. The summed E-state index contributed by atoms with van der Waals surface area (Å²) in [5, 5.41) is 35.2. The van der Waals surface area contributed by atoms with Crippen molar-refractivity contribution in [3.8, 4) is 23.0 Å². The average molecular weight is 410 g/mol. The lowest BCUT2D eigenvalue weighted by Crippen LogP contribution is -1.82. The molecule has 0 aromatic heterocycles. The van der Waals surface area contributed by atoms with Crippen molar-refractivity contribution >= 4 is 22.7 Å². The fourth-order valence-corrected chi connectivity index (χ4v) is 2.57. The molecule has 152 valence electrons. The number of rotatable bonds is 6. The lowest BCUT2D eigenvalue weighted by atomic mass is 10.3. The third-order valence-corrected chi connectivity index (χ3v) is 4.17. The van der Waals surface area contributed by atoms with Crippen LogP contribution >= 0.6 is 0 Å². The highest BCUT2D eigenvalue weighted by Gasteiger charge is 1.99. The summed E-state index contributed by atoms with van der Waals surface area (Å²) in [4.78, 5) is 0. The van der Waals surface area contributed by atoms with E-state index in [-0.39, 0.29) is 11.5 Å². The van der Waals surface area contributed by atoms with Crippen LogP contribution in [0.15, 0.2) is 118 Å². The summed E-state index contributed by atoms with van der Waals surface area (Å²) in [5.41, 5.74) is 2.68. The molecule has 2 N–H and O–H groups in total. The molecule has 0 radical (unpaired) electrons. The number of ether oxygens (including phenoxy) is 1. The predicted octanol–water partition coefficient (Wildman–Crippen LogP) is 7.72. The number of phenolic OH excluding ortho intramolecular Hbond substituents is 2. The largest absolute Gasteiger partial charge is 0.508 e. The Labute approximate surface area is 178 Å². The van der Waals surface area contributed by atoms with Gasteiger partial charge in [0.1, 0.15) is 23.0 Å². The number of benzene rings is 4. The first kappa shape index (κ1) is 19.8. The maximum atomic E-state index is 9.29. The monoisotopic (exact) mass is 410 g/mol. The van der Waals surface area contributed by atoms with Gasteiger partial charge in [0.05, 0.1) is 22.7 Å². The van der Waals surface area contributed by atoms with Gasteiger partial charge in [0.25, 0.3) is 0 Å². The van der Waals surface area contributed by atoms with Gasteiger partial charge in [0, 0.05) is 0 Å². The van der Waals surface area contributed by atoms with E-state index in [1.807, 2.05) is 24.3 Å². The van der Waals surface area contributed by atoms with Gasteiger partial charge in [-0.2, -0.15) is 20.5 Å². The average Bonchev–Trinajstić information content (AvgIpc) is 2.80. The second-order valence-corrected chi connectivity index (χ2v) is 6.52. The van der Waals surface area contributed by atoms with Crippen LogP contribution in [0.5, 0.6) is 23.0 Å². The van der Waals surface area contributed by atoms with Crippen LogP contribution in [-0.4, -0.2) is 10.2 Å². The summed E-state index contributed by atoms with van der Waals surface area (Å²) in [6.07, 6.45) is 0. The topological polar surface area (TPSA) is 99.1 Å². The normalized spacial score (nSPS) is 11.2. The van der Waals surface area contributed by atoms with Crippen LogP contribution in [-0.2, 0) is 0 Å². The van der Waals surface area contributed by atoms with Crippen LogP contribution in [0.1, 0.15) is 0 Å². The zero-order valence-electron chi connectivity index (χ0n) is 16.3. The van der Waals surface area contributed by atoms with Gasteiger partial charge < -0.3 is 14.9 Å². The predicted molar refractivity (Wildman–Crippen MR) is 118 cm³/mol.